The fourth-order valence-electron chi connectivity index (χ4n) is 5.19. The number of rotatable bonds is 5. The minimum atomic E-state index is -1.14. The van der Waals surface area contributed by atoms with Crippen LogP contribution in [0.4, 0.5) is 0 Å². The zero-order chi connectivity index (χ0) is 21.6. The van der Waals surface area contributed by atoms with Gasteiger partial charge in [-0.3, -0.25) is 9.59 Å². The number of hydrogen-bond acceptors (Lipinski definition) is 7. The van der Waals surface area contributed by atoms with Crippen molar-refractivity contribution in [2.45, 2.75) is 50.0 Å². The van der Waals surface area contributed by atoms with Crippen LogP contribution in [0.1, 0.15) is 30.9 Å². The first-order chi connectivity index (χ1) is 14.4. The Labute approximate surface area is 175 Å². The number of fused-ring (bicyclic) bond motifs is 3. The second-order valence-corrected chi connectivity index (χ2v) is 7.79. The van der Waals surface area contributed by atoms with Crippen molar-refractivity contribution in [3.05, 3.63) is 23.3 Å². The lowest BCUT2D eigenvalue weighted by molar-refractivity contribution is -0.175. The monoisotopic (exact) mass is 417 g/mol. The summed E-state index contributed by atoms with van der Waals surface area (Å²) in [5, 5.41) is 3.01. The topological polar surface area (TPSA) is 92.3 Å². The first-order valence-electron chi connectivity index (χ1n) is 9.96. The molecule has 4 atom stereocenters. The quantitative estimate of drug-likeness (QED) is 0.779. The summed E-state index contributed by atoms with van der Waals surface area (Å²) < 4.78 is 29.1. The maximum atomic E-state index is 12.9. The molecule has 1 aromatic carbocycles. The van der Waals surface area contributed by atoms with Crippen LogP contribution in [-0.4, -0.2) is 64.0 Å². The van der Waals surface area contributed by atoms with E-state index in [-0.39, 0.29) is 24.2 Å². The highest BCUT2D eigenvalue weighted by molar-refractivity contribution is 5.96. The molecule has 1 saturated heterocycles. The summed E-state index contributed by atoms with van der Waals surface area (Å²) in [7, 11) is 6.20. The predicted octanol–water partition coefficient (Wildman–Crippen LogP) is 1.67. The van der Waals surface area contributed by atoms with E-state index in [9.17, 15) is 9.59 Å². The molecular weight excluding hydrogens is 390 g/mol. The van der Waals surface area contributed by atoms with Gasteiger partial charge in [-0.05, 0) is 36.1 Å². The van der Waals surface area contributed by atoms with Gasteiger partial charge in [-0.2, -0.15) is 0 Å². The van der Waals surface area contributed by atoms with Crippen molar-refractivity contribution >= 4 is 17.3 Å². The summed E-state index contributed by atoms with van der Waals surface area (Å²) >= 11 is 0. The second-order valence-electron chi connectivity index (χ2n) is 7.79. The molecular formula is C22H27NO7. The average Bonchev–Trinajstić information content (AvgIpc) is 2.97. The van der Waals surface area contributed by atoms with Crippen molar-refractivity contribution in [3.63, 3.8) is 0 Å². The van der Waals surface area contributed by atoms with Crippen LogP contribution in [0.15, 0.2) is 12.1 Å². The van der Waals surface area contributed by atoms with E-state index in [0.29, 0.717) is 30.1 Å². The molecule has 162 valence electrons. The molecule has 1 amide bonds. The van der Waals surface area contributed by atoms with E-state index in [1.54, 1.807) is 21.3 Å². The van der Waals surface area contributed by atoms with Crippen molar-refractivity contribution in [1.29, 1.82) is 0 Å². The van der Waals surface area contributed by atoms with Crippen molar-refractivity contribution < 1.29 is 33.3 Å². The highest BCUT2D eigenvalue weighted by Crippen LogP contribution is 2.56. The summed E-state index contributed by atoms with van der Waals surface area (Å²) in [5.74, 6) is 1.30. The van der Waals surface area contributed by atoms with Gasteiger partial charge in [0, 0.05) is 26.0 Å². The van der Waals surface area contributed by atoms with Gasteiger partial charge in [0.25, 0.3) is 0 Å². The largest absolute Gasteiger partial charge is 0.493 e. The average molecular weight is 417 g/mol. The molecule has 1 fully saturated rings. The van der Waals surface area contributed by atoms with Crippen molar-refractivity contribution in [2.24, 2.45) is 0 Å². The fraction of sp³-hybridized carbons (Fsp3) is 0.545. The third-order valence-electron chi connectivity index (χ3n) is 6.22. The number of Topliss-reactive ketones (excluding diaryl/α,β-unsaturated/α-hetero) is 1. The highest BCUT2D eigenvalue weighted by Gasteiger charge is 2.62. The molecule has 0 aromatic heterocycles. The van der Waals surface area contributed by atoms with Gasteiger partial charge in [-0.25, -0.2) is 0 Å². The molecule has 0 radical (unpaired) electrons. The SMILES string of the molecule is COc1cc2c(c(OC)c1OC)C1=CC3CC(=O)C(OC)C1(O3)C(NC(C)=O)CC2. The summed E-state index contributed by atoms with van der Waals surface area (Å²) in [5.41, 5.74) is 1.43. The maximum absolute atomic E-state index is 12.9. The van der Waals surface area contributed by atoms with E-state index in [1.165, 1.54) is 14.0 Å². The number of nitrogens with one attached hydrogen (secondary N) is 1. The third kappa shape index (κ3) is 2.81. The fourth-order valence-corrected chi connectivity index (χ4v) is 5.19. The summed E-state index contributed by atoms with van der Waals surface area (Å²) in [6.07, 6.45) is 2.13. The number of aryl methyl sites for hydroxylation is 1. The molecule has 2 bridgehead atoms. The van der Waals surface area contributed by atoms with Crippen LogP contribution in [0.3, 0.4) is 0 Å². The summed E-state index contributed by atoms with van der Waals surface area (Å²) in [6.45, 7) is 1.46. The van der Waals surface area contributed by atoms with Crippen LogP contribution in [0.5, 0.6) is 17.2 Å². The smallest absolute Gasteiger partial charge is 0.217 e. The Morgan fingerprint density at radius 1 is 1.17 bits per heavy atom. The lowest BCUT2D eigenvalue weighted by atomic mass is 9.77. The number of ether oxygens (including phenoxy) is 5. The molecule has 1 aliphatic carbocycles. The molecule has 30 heavy (non-hydrogen) atoms. The van der Waals surface area contributed by atoms with Crippen molar-refractivity contribution in [2.75, 3.05) is 28.4 Å². The van der Waals surface area contributed by atoms with Crippen molar-refractivity contribution in [3.8, 4) is 17.2 Å². The zero-order valence-electron chi connectivity index (χ0n) is 17.9. The van der Waals surface area contributed by atoms with Gasteiger partial charge in [0.1, 0.15) is 5.60 Å². The van der Waals surface area contributed by atoms with Crippen LogP contribution < -0.4 is 19.5 Å². The van der Waals surface area contributed by atoms with Crippen LogP contribution in [0, 0.1) is 0 Å². The second kappa shape index (κ2) is 7.59. The molecule has 8 heteroatoms. The molecule has 1 spiro atoms. The minimum absolute atomic E-state index is 0.0433. The van der Waals surface area contributed by atoms with Crippen LogP contribution >= 0.6 is 0 Å². The Morgan fingerprint density at radius 2 is 1.90 bits per heavy atom. The Balaban J connectivity index is 2.01. The maximum Gasteiger partial charge on any atom is 0.217 e. The molecule has 4 unspecified atom stereocenters. The van der Waals surface area contributed by atoms with Crippen LogP contribution in [0.2, 0.25) is 0 Å². The van der Waals surface area contributed by atoms with Gasteiger partial charge in [0.2, 0.25) is 11.7 Å². The number of hydrogen-bond donors (Lipinski definition) is 1. The number of carbonyl (C=O) groups excluding carboxylic acids is 2. The van der Waals surface area contributed by atoms with Gasteiger partial charge in [-0.1, -0.05) is 0 Å². The number of ketones is 1. The number of amides is 1. The Morgan fingerprint density at radius 3 is 2.50 bits per heavy atom. The molecule has 2 heterocycles. The Bertz CT molecular complexity index is 925. The number of carbonyl (C=O) groups is 2. The molecule has 0 saturated carbocycles. The van der Waals surface area contributed by atoms with Gasteiger partial charge in [0.15, 0.2) is 23.4 Å². The third-order valence-corrected chi connectivity index (χ3v) is 6.22. The lowest BCUT2D eigenvalue weighted by Gasteiger charge is -2.45. The van der Waals surface area contributed by atoms with Gasteiger partial charge in [-0.15, -0.1) is 0 Å². The van der Waals surface area contributed by atoms with E-state index in [4.69, 9.17) is 23.7 Å². The summed E-state index contributed by atoms with van der Waals surface area (Å²) in [4.78, 5) is 25.0. The molecule has 4 rings (SSSR count). The molecule has 1 aromatic rings. The molecule has 3 aliphatic rings. The van der Waals surface area contributed by atoms with Crippen molar-refractivity contribution in [1.82, 2.24) is 5.32 Å². The zero-order valence-corrected chi connectivity index (χ0v) is 17.9. The highest BCUT2D eigenvalue weighted by atomic mass is 16.6. The van der Waals surface area contributed by atoms with E-state index < -0.39 is 17.7 Å². The minimum Gasteiger partial charge on any atom is -0.493 e. The van der Waals surface area contributed by atoms with E-state index >= 15 is 0 Å². The summed E-state index contributed by atoms with van der Waals surface area (Å²) in [6, 6.07) is 1.47. The van der Waals surface area contributed by atoms with Crippen LogP contribution in [0.25, 0.3) is 5.57 Å². The lowest BCUT2D eigenvalue weighted by Crippen LogP contribution is -2.64. The molecule has 2 aliphatic heterocycles. The number of methoxy groups -OCH3 is 4. The number of benzene rings is 1. The van der Waals surface area contributed by atoms with Gasteiger partial charge >= 0.3 is 0 Å². The normalized spacial score (nSPS) is 29.3. The molecule has 1 N–H and O–H groups in total. The van der Waals surface area contributed by atoms with E-state index in [0.717, 1.165) is 16.7 Å². The first kappa shape index (κ1) is 20.7. The molecule has 8 nitrogen and oxygen atoms in total. The van der Waals surface area contributed by atoms with Gasteiger partial charge in [0.05, 0.1) is 33.5 Å². The van der Waals surface area contributed by atoms with E-state index in [1.807, 2.05) is 12.1 Å². The predicted molar refractivity (Wildman–Crippen MR) is 108 cm³/mol. The Kier molecular flexibility index (Phi) is 5.23. The van der Waals surface area contributed by atoms with Crippen LogP contribution in [-0.2, 0) is 25.5 Å². The first-order valence-corrected chi connectivity index (χ1v) is 9.96. The van der Waals surface area contributed by atoms with E-state index in [2.05, 4.69) is 5.32 Å². The van der Waals surface area contributed by atoms with Gasteiger partial charge < -0.3 is 29.0 Å². The standard InChI is InChI=1S/C22H27NO7/c1-11(24)23-17-7-6-12-8-16(26-2)19(27-3)20(28-4)18(12)14-9-13-10-15(25)21(29-5)22(14,17)30-13/h8-9,13,17,21H,6-7,10H2,1-5H3,(H,23,24). The Hall–Kier alpha value is -2.58.